The molecule has 0 aromatic rings. The second kappa shape index (κ2) is 3.55. The van der Waals surface area contributed by atoms with Gasteiger partial charge in [0.05, 0.1) is 10.6 Å². The lowest BCUT2D eigenvalue weighted by atomic mass is 9.60. The van der Waals surface area contributed by atoms with Crippen LogP contribution in [0.2, 0.25) is 0 Å². The number of hydrogen-bond donors (Lipinski definition) is 0. The minimum atomic E-state index is -0.210. The molecule has 3 aliphatic carbocycles. The highest BCUT2D eigenvalue weighted by Crippen LogP contribution is 2.57. The summed E-state index contributed by atoms with van der Waals surface area (Å²) in [5, 5.41) is 0. The molecule has 5 rings (SSSR count). The van der Waals surface area contributed by atoms with E-state index in [4.69, 9.17) is 4.74 Å². The van der Waals surface area contributed by atoms with Gasteiger partial charge in [-0.15, -0.1) is 0 Å². The lowest BCUT2D eigenvalue weighted by Gasteiger charge is -2.42. The average molecular weight is 360 g/mol. The normalized spacial score (nSPS) is 51.1. The van der Waals surface area contributed by atoms with Crippen molar-refractivity contribution in [3.63, 3.8) is 0 Å². The number of hydrogen-bond acceptors (Lipinski definition) is 2. The summed E-state index contributed by atoms with van der Waals surface area (Å²) >= 11 is 6.96. The number of rotatable bonds is 0. The molecule has 4 heteroatoms. The van der Waals surface area contributed by atoms with Crippen LogP contribution in [-0.4, -0.2) is 18.0 Å². The first-order valence-electron chi connectivity index (χ1n) is 6.11. The van der Waals surface area contributed by atoms with E-state index in [0.29, 0.717) is 28.2 Å². The van der Waals surface area contributed by atoms with Crippen molar-refractivity contribution in [3.05, 3.63) is 21.1 Å². The molecule has 2 heterocycles. The van der Waals surface area contributed by atoms with Crippen molar-refractivity contribution < 1.29 is 9.53 Å². The van der Waals surface area contributed by atoms with Gasteiger partial charge in [-0.2, -0.15) is 0 Å². The fourth-order valence-corrected chi connectivity index (χ4v) is 5.16. The summed E-state index contributed by atoms with van der Waals surface area (Å²) in [4.78, 5) is 12.2. The molecule has 6 atom stereocenters. The van der Waals surface area contributed by atoms with Gasteiger partial charge in [0.25, 0.3) is 0 Å². The lowest BCUT2D eigenvalue weighted by Crippen LogP contribution is -2.41. The minimum Gasteiger partial charge on any atom is -0.361 e. The molecule has 17 heavy (non-hydrogen) atoms. The molecule has 2 aliphatic heterocycles. The Kier molecular flexibility index (Phi) is 2.28. The topological polar surface area (TPSA) is 26.3 Å². The summed E-state index contributed by atoms with van der Waals surface area (Å²) < 4.78 is 7.62. The van der Waals surface area contributed by atoms with Gasteiger partial charge in [0, 0.05) is 16.3 Å². The molecule has 2 fully saturated rings. The molecule has 2 nitrogen and oxygen atoms in total. The van der Waals surface area contributed by atoms with Crippen molar-refractivity contribution in [2.45, 2.75) is 25.0 Å². The second-order valence-corrected chi connectivity index (χ2v) is 7.10. The molecule has 0 aromatic heterocycles. The van der Waals surface area contributed by atoms with Gasteiger partial charge in [-0.05, 0) is 40.6 Å². The van der Waals surface area contributed by atoms with Gasteiger partial charge in [-0.1, -0.05) is 28.1 Å². The van der Waals surface area contributed by atoms with Crippen LogP contribution < -0.4 is 0 Å². The number of halogens is 2. The molecule has 5 aliphatic rings. The summed E-state index contributed by atoms with van der Waals surface area (Å²) in [6, 6.07) is 0. The minimum absolute atomic E-state index is 0.0924. The van der Waals surface area contributed by atoms with E-state index in [1.807, 2.05) is 0 Å². The van der Waals surface area contributed by atoms with Gasteiger partial charge in [-0.25, -0.2) is 0 Å². The van der Waals surface area contributed by atoms with E-state index >= 15 is 0 Å². The molecule has 4 bridgehead atoms. The Morgan fingerprint density at radius 2 is 1.65 bits per heavy atom. The molecule has 1 saturated carbocycles. The monoisotopic (exact) mass is 358 g/mol. The van der Waals surface area contributed by atoms with Crippen LogP contribution in [0.15, 0.2) is 21.1 Å². The smallest absolute Gasteiger partial charge is 0.199 e. The van der Waals surface area contributed by atoms with Crippen molar-refractivity contribution >= 4 is 37.6 Å². The molecule has 0 N–H and O–H groups in total. The van der Waals surface area contributed by atoms with Crippen molar-refractivity contribution in [1.82, 2.24) is 0 Å². The number of carbonyl (C=O) groups is 1. The number of ether oxygens (including phenoxy) is 1. The standard InChI is InChI=1S/C13H12Br2O2/c14-9-10(15)12-7-5-1-3-6(4-2-5)8(7)13(17-12)11(9)16/h1,3,5-8,12-13H,2,4H2/t5-,6+,7-,8+,12-,13+/m0/s1. The lowest BCUT2D eigenvalue weighted by molar-refractivity contribution is -0.128. The zero-order valence-corrected chi connectivity index (χ0v) is 12.3. The van der Waals surface area contributed by atoms with E-state index in [0.717, 1.165) is 4.48 Å². The molecule has 90 valence electrons. The van der Waals surface area contributed by atoms with E-state index in [9.17, 15) is 4.79 Å². The SMILES string of the molecule is O=C1C(Br)=C(Br)[C@H]2O[C@@H]1[C@H]1[C@@H]2[C@H]2C=C[C@@H]1CC2. The van der Waals surface area contributed by atoms with E-state index in [1.165, 1.54) is 12.8 Å². The van der Waals surface area contributed by atoms with E-state index < -0.39 is 0 Å². The zero-order valence-electron chi connectivity index (χ0n) is 9.11. The maximum Gasteiger partial charge on any atom is 0.199 e. The molecule has 0 radical (unpaired) electrons. The Bertz CT molecular complexity index is 468. The Morgan fingerprint density at radius 1 is 1.06 bits per heavy atom. The van der Waals surface area contributed by atoms with Gasteiger partial charge in [0.15, 0.2) is 5.78 Å². The first-order valence-corrected chi connectivity index (χ1v) is 7.70. The third-order valence-electron chi connectivity index (χ3n) is 4.80. The Balaban J connectivity index is 1.85. The van der Waals surface area contributed by atoms with Crippen LogP contribution in [0.25, 0.3) is 0 Å². The maximum absolute atomic E-state index is 12.2. The first kappa shape index (κ1) is 10.9. The molecule has 0 spiro atoms. The summed E-state index contributed by atoms with van der Waals surface area (Å²) in [6.45, 7) is 0. The van der Waals surface area contributed by atoms with Crippen LogP contribution in [0.4, 0.5) is 0 Å². The molecular formula is C13H12Br2O2. The zero-order chi connectivity index (χ0) is 11.7. The van der Waals surface area contributed by atoms with E-state index in [-0.39, 0.29) is 18.0 Å². The maximum atomic E-state index is 12.2. The Labute approximate surface area is 117 Å². The summed E-state index contributed by atoms with van der Waals surface area (Å²) in [7, 11) is 0. The highest BCUT2D eigenvalue weighted by molar-refractivity contribution is 9.14. The van der Waals surface area contributed by atoms with Crippen LogP contribution in [-0.2, 0) is 9.53 Å². The second-order valence-electron chi connectivity index (χ2n) is 5.45. The quantitative estimate of drug-likeness (QED) is 0.621. The van der Waals surface area contributed by atoms with Crippen molar-refractivity contribution in [2.75, 3.05) is 0 Å². The highest BCUT2D eigenvalue weighted by Gasteiger charge is 2.59. The fraction of sp³-hybridized carbons (Fsp3) is 0.615. The molecule has 0 aromatic carbocycles. The number of fused-ring (bicyclic) bond motifs is 3. The average Bonchev–Trinajstić information content (AvgIpc) is 2.76. The number of Topliss-reactive ketones (excluding diaryl/α,β-unsaturated/α-hetero) is 1. The van der Waals surface area contributed by atoms with Gasteiger partial charge in [0.1, 0.15) is 6.10 Å². The summed E-state index contributed by atoms with van der Waals surface area (Å²) in [5.41, 5.74) is 0. The molecule has 1 saturated heterocycles. The van der Waals surface area contributed by atoms with E-state index in [2.05, 4.69) is 44.0 Å². The van der Waals surface area contributed by atoms with Crippen LogP contribution in [0.1, 0.15) is 12.8 Å². The molecular weight excluding hydrogens is 348 g/mol. The van der Waals surface area contributed by atoms with Gasteiger partial charge < -0.3 is 4.74 Å². The third-order valence-corrected chi connectivity index (χ3v) is 7.00. The number of allylic oxidation sites excluding steroid dienone is 2. The van der Waals surface area contributed by atoms with Gasteiger partial charge in [0.2, 0.25) is 0 Å². The summed E-state index contributed by atoms with van der Waals surface area (Å²) in [6.07, 6.45) is 7.01. The predicted molar refractivity (Wildman–Crippen MR) is 70.9 cm³/mol. The highest BCUT2D eigenvalue weighted by atomic mass is 79.9. The molecule has 0 unspecified atom stereocenters. The fourth-order valence-electron chi connectivity index (χ4n) is 4.10. The number of carbonyl (C=O) groups excluding carboxylic acids is 1. The van der Waals surface area contributed by atoms with Crippen LogP contribution in [0, 0.1) is 23.7 Å². The van der Waals surface area contributed by atoms with Crippen LogP contribution in [0.5, 0.6) is 0 Å². The van der Waals surface area contributed by atoms with Crippen LogP contribution >= 0.6 is 31.9 Å². The van der Waals surface area contributed by atoms with E-state index in [1.54, 1.807) is 0 Å². The van der Waals surface area contributed by atoms with Crippen molar-refractivity contribution in [1.29, 1.82) is 0 Å². The largest absolute Gasteiger partial charge is 0.361 e. The van der Waals surface area contributed by atoms with Gasteiger partial charge >= 0.3 is 0 Å². The Morgan fingerprint density at radius 3 is 2.24 bits per heavy atom. The van der Waals surface area contributed by atoms with Crippen LogP contribution in [0.3, 0.4) is 0 Å². The van der Waals surface area contributed by atoms with Crippen molar-refractivity contribution in [3.8, 4) is 0 Å². The molecule has 0 amide bonds. The Hall–Kier alpha value is 0.0700. The van der Waals surface area contributed by atoms with Gasteiger partial charge in [-0.3, -0.25) is 4.79 Å². The van der Waals surface area contributed by atoms with Crippen molar-refractivity contribution in [2.24, 2.45) is 23.7 Å². The summed E-state index contributed by atoms with van der Waals surface area (Å²) in [5.74, 6) is 2.17. The predicted octanol–water partition coefficient (Wildman–Crippen LogP) is 3.17. The third kappa shape index (κ3) is 1.27. The number of ketones is 1. The first-order chi connectivity index (χ1) is 8.18.